The fourth-order valence-corrected chi connectivity index (χ4v) is 4.09. The Morgan fingerprint density at radius 1 is 0.694 bits per heavy atom. The average molecular weight is 499 g/mol. The first kappa shape index (κ1) is 26.7. The maximum atomic E-state index is 12.3. The minimum absolute atomic E-state index is 0.0642. The van der Waals surface area contributed by atoms with E-state index in [1.54, 1.807) is 12.1 Å². The van der Waals surface area contributed by atoms with Gasteiger partial charge >= 0.3 is 0 Å². The zero-order chi connectivity index (χ0) is 25.9. The van der Waals surface area contributed by atoms with Crippen molar-refractivity contribution in [2.24, 2.45) is 0 Å². The molecule has 3 rings (SSSR count). The lowest BCUT2D eigenvalue weighted by Crippen LogP contribution is -2.47. The first-order chi connectivity index (χ1) is 17.4. The normalized spacial score (nSPS) is 14.2. The van der Waals surface area contributed by atoms with Gasteiger partial charge in [-0.2, -0.15) is 0 Å². The summed E-state index contributed by atoms with van der Waals surface area (Å²) in [5, 5.41) is 27.6. The Balaban J connectivity index is 1.28. The van der Waals surface area contributed by atoms with Crippen LogP contribution in [0.1, 0.15) is 33.6 Å². The van der Waals surface area contributed by atoms with E-state index in [4.69, 9.17) is 0 Å². The molecule has 0 spiro atoms. The van der Waals surface area contributed by atoms with Crippen LogP contribution in [0.5, 0.6) is 0 Å². The Hall–Kier alpha value is -3.90. The van der Waals surface area contributed by atoms with Gasteiger partial charge in [-0.05, 0) is 38.1 Å². The molecule has 0 radical (unpaired) electrons. The first-order valence-electron chi connectivity index (χ1n) is 11.8. The summed E-state index contributed by atoms with van der Waals surface area (Å²) in [5.41, 5.74) is -0.275. The fraction of sp³-hybridized carbons (Fsp3) is 0.417. The first-order valence-corrected chi connectivity index (χ1v) is 11.8. The summed E-state index contributed by atoms with van der Waals surface area (Å²) in [7, 11) is 0. The highest BCUT2D eigenvalue weighted by Crippen LogP contribution is 2.18. The Kier molecular flexibility index (Phi) is 9.83. The van der Waals surface area contributed by atoms with E-state index >= 15 is 0 Å². The lowest BCUT2D eigenvalue weighted by atomic mass is 10.1. The highest BCUT2D eigenvalue weighted by atomic mass is 16.6. The second-order valence-electron chi connectivity index (χ2n) is 8.45. The molecule has 192 valence electrons. The molecule has 1 fully saturated rings. The number of rotatable bonds is 12. The van der Waals surface area contributed by atoms with Crippen LogP contribution in [-0.2, 0) is 0 Å². The van der Waals surface area contributed by atoms with E-state index in [1.165, 1.54) is 36.4 Å². The Bertz CT molecular complexity index is 1000. The number of carbonyl (C=O) groups is 2. The van der Waals surface area contributed by atoms with Gasteiger partial charge in [-0.25, -0.2) is 0 Å². The number of piperazine rings is 1. The highest BCUT2D eigenvalue weighted by Gasteiger charge is 2.21. The summed E-state index contributed by atoms with van der Waals surface area (Å²) in [6, 6.07) is 11.8. The molecule has 1 saturated heterocycles. The molecule has 1 heterocycles. The largest absolute Gasteiger partial charge is 0.352 e. The number of hydrogen-bond acceptors (Lipinski definition) is 8. The van der Waals surface area contributed by atoms with Crippen molar-refractivity contribution in [2.45, 2.75) is 12.8 Å². The van der Waals surface area contributed by atoms with E-state index < -0.39 is 21.7 Å². The monoisotopic (exact) mass is 498 g/mol. The third-order valence-electron chi connectivity index (χ3n) is 6.03. The van der Waals surface area contributed by atoms with Crippen LogP contribution in [0.25, 0.3) is 0 Å². The van der Waals surface area contributed by atoms with Crippen molar-refractivity contribution in [1.29, 1.82) is 0 Å². The number of nitrogens with one attached hydrogen (secondary N) is 2. The lowest BCUT2D eigenvalue weighted by molar-refractivity contribution is -0.385. The smallest absolute Gasteiger partial charge is 0.282 e. The van der Waals surface area contributed by atoms with Gasteiger partial charge in [0.05, 0.1) is 9.85 Å². The molecule has 12 nitrogen and oxygen atoms in total. The zero-order valence-corrected chi connectivity index (χ0v) is 19.9. The van der Waals surface area contributed by atoms with E-state index in [0.29, 0.717) is 13.1 Å². The van der Waals surface area contributed by atoms with E-state index in [1.807, 2.05) is 0 Å². The van der Waals surface area contributed by atoms with Gasteiger partial charge in [-0.1, -0.05) is 24.3 Å². The van der Waals surface area contributed by atoms with Crippen molar-refractivity contribution in [2.75, 3.05) is 52.4 Å². The van der Waals surface area contributed by atoms with Crippen molar-refractivity contribution >= 4 is 23.2 Å². The van der Waals surface area contributed by atoms with E-state index in [2.05, 4.69) is 20.4 Å². The molecular formula is C24H30N6O6. The number of para-hydroxylation sites is 2. The van der Waals surface area contributed by atoms with E-state index in [-0.39, 0.29) is 22.5 Å². The molecule has 0 saturated carbocycles. The van der Waals surface area contributed by atoms with Gasteiger partial charge in [0.15, 0.2) is 0 Å². The molecule has 2 aromatic carbocycles. The summed E-state index contributed by atoms with van der Waals surface area (Å²) in [5.74, 6) is -0.887. The number of nitrogens with zero attached hydrogens (tertiary/aromatic N) is 4. The topological polar surface area (TPSA) is 151 Å². The molecule has 0 aliphatic carbocycles. The Morgan fingerprint density at radius 3 is 1.42 bits per heavy atom. The van der Waals surface area contributed by atoms with Crippen LogP contribution < -0.4 is 10.6 Å². The van der Waals surface area contributed by atoms with Gasteiger partial charge in [0.25, 0.3) is 23.2 Å². The molecule has 2 amide bonds. The molecule has 0 atom stereocenters. The second-order valence-corrected chi connectivity index (χ2v) is 8.45. The summed E-state index contributed by atoms with van der Waals surface area (Å²) in [4.78, 5) is 50.2. The van der Waals surface area contributed by atoms with Gasteiger partial charge < -0.3 is 20.4 Å². The van der Waals surface area contributed by atoms with Gasteiger partial charge in [-0.15, -0.1) is 0 Å². The molecule has 36 heavy (non-hydrogen) atoms. The van der Waals surface area contributed by atoms with Crippen molar-refractivity contribution in [1.82, 2.24) is 20.4 Å². The predicted molar refractivity (Wildman–Crippen MR) is 133 cm³/mol. The Labute approximate surface area is 208 Å². The van der Waals surface area contributed by atoms with Crippen LogP contribution in [0.2, 0.25) is 0 Å². The molecular weight excluding hydrogens is 468 g/mol. The third-order valence-corrected chi connectivity index (χ3v) is 6.03. The molecule has 2 aromatic rings. The lowest BCUT2D eigenvalue weighted by Gasteiger charge is -2.34. The number of carbonyl (C=O) groups excluding carboxylic acids is 2. The van der Waals surface area contributed by atoms with Crippen LogP contribution in [0.15, 0.2) is 48.5 Å². The number of benzene rings is 2. The van der Waals surface area contributed by atoms with Gasteiger partial charge in [-0.3, -0.25) is 29.8 Å². The molecule has 0 unspecified atom stereocenters. The summed E-state index contributed by atoms with van der Waals surface area (Å²) in [6.45, 7) is 6.06. The maximum Gasteiger partial charge on any atom is 0.282 e. The standard InChI is InChI=1S/C24H30N6O6/c31-23(19-7-1-3-9-21(19)29(33)34)25-11-5-13-27-15-17-28(18-16-27)14-6-12-26-24(32)20-8-2-4-10-22(20)30(35)36/h1-4,7-10H,5-6,11-18H2,(H,25,31)(H,26,32). The Morgan fingerprint density at radius 2 is 1.06 bits per heavy atom. The number of amides is 2. The second kappa shape index (κ2) is 13.3. The predicted octanol–water partition coefficient (Wildman–Crippen LogP) is 2.06. The van der Waals surface area contributed by atoms with Crippen LogP contribution in [0.4, 0.5) is 11.4 Å². The van der Waals surface area contributed by atoms with Crippen molar-refractivity contribution in [3.8, 4) is 0 Å². The van der Waals surface area contributed by atoms with Crippen molar-refractivity contribution < 1.29 is 19.4 Å². The quantitative estimate of drug-likeness (QED) is 0.256. The average Bonchev–Trinajstić information content (AvgIpc) is 2.89. The number of nitro benzene ring substituents is 2. The van der Waals surface area contributed by atoms with Gasteiger partial charge in [0.1, 0.15) is 11.1 Å². The molecule has 1 aliphatic rings. The van der Waals surface area contributed by atoms with Crippen molar-refractivity contribution in [3.63, 3.8) is 0 Å². The number of hydrogen-bond donors (Lipinski definition) is 2. The number of nitro groups is 2. The molecule has 0 bridgehead atoms. The molecule has 0 aromatic heterocycles. The minimum atomic E-state index is -0.558. The molecule has 1 aliphatic heterocycles. The third kappa shape index (κ3) is 7.55. The molecule has 12 heteroatoms. The highest BCUT2D eigenvalue weighted by molar-refractivity contribution is 5.98. The summed E-state index contributed by atoms with van der Waals surface area (Å²) >= 11 is 0. The SMILES string of the molecule is O=C(NCCCN1CCN(CCCNC(=O)c2ccccc2[N+](=O)[O-])CC1)c1ccccc1[N+](=O)[O-]. The van der Waals surface area contributed by atoms with E-state index in [0.717, 1.165) is 52.1 Å². The molecule has 2 N–H and O–H groups in total. The van der Waals surface area contributed by atoms with Gasteiger partial charge in [0.2, 0.25) is 0 Å². The fourth-order valence-electron chi connectivity index (χ4n) is 4.09. The van der Waals surface area contributed by atoms with Crippen LogP contribution >= 0.6 is 0 Å². The van der Waals surface area contributed by atoms with Gasteiger partial charge in [0, 0.05) is 51.4 Å². The summed E-state index contributed by atoms with van der Waals surface area (Å²) in [6.07, 6.45) is 1.48. The van der Waals surface area contributed by atoms with Crippen LogP contribution in [-0.4, -0.2) is 83.8 Å². The summed E-state index contributed by atoms with van der Waals surface area (Å²) < 4.78 is 0. The van der Waals surface area contributed by atoms with Crippen LogP contribution in [0.3, 0.4) is 0 Å². The minimum Gasteiger partial charge on any atom is -0.352 e. The van der Waals surface area contributed by atoms with Crippen molar-refractivity contribution in [3.05, 3.63) is 79.9 Å². The van der Waals surface area contributed by atoms with Crippen LogP contribution in [0, 0.1) is 20.2 Å². The zero-order valence-electron chi connectivity index (χ0n) is 19.9. The maximum absolute atomic E-state index is 12.3. The van der Waals surface area contributed by atoms with E-state index in [9.17, 15) is 29.8 Å².